The van der Waals surface area contributed by atoms with E-state index in [-0.39, 0.29) is 12.4 Å². The number of halogens is 2. The van der Waals surface area contributed by atoms with E-state index in [1.54, 1.807) is 0 Å². The molecule has 0 radical (unpaired) electrons. The summed E-state index contributed by atoms with van der Waals surface area (Å²) >= 11 is 5.67. The monoisotopic (exact) mass is 272 g/mol. The molecule has 17 heavy (non-hydrogen) atoms. The fraction of sp³-hybridized carbons (Fsp3) is 0.462. The van der Waals surface area contributed by atoms with Gasteiger partial charge < -0.3 is 4.57 Å². The fourth-order valence-electron chi connectivity index (χ4n) is 2.02. The minimum absolute atomic E-state index is 0. The number of aryl methyl sites for hydroxylation is 2. The predicted octanol–water partition coefficient (Wildman–Crippen LogP) is 4.18. The number of rotatable bonds is 5. The van der Waals surface area contributed by atoms with E-state index in [1.165, 1.54) is 18.4 Å². The number of imidazole rings is 1. The van der Waals surface area contributed by atoms with Crippen LogP contribution in [-0.2, 0) is 6.54 Å². The topological polar surface area (TPSA) is 17.8 Å². The number of unbranched alkanes of at least 4 members (excludes halogenated alkanes) is 2. The lowest BCUT2D eigenvalue weighted by atomic mass is 10.2. The Labute approximate surface area is 113 Å². The van der Waals surface area contributed by atoms with Crippen LogP contribution in [0.25, 0.3) is 11.0 Å². The lowest BCUT2D eigenvalue weighted by Gasteiger charge is -2.05. The summed E-state index contributed by atoms with van der Waals surface area (Å²) in [6.45, 7) is 3.12. The highest BCUT2D eigenvalue weighted by Gasteiger charge is 2.05. The maximum Gasteiger partial charge on any atom is 0.106 e. The molecule has 2 rings (SSSR count). The van der Waals surface area contributed by atoms with Crippen molar-refractivity contribution in [2.24, 2.45) is 0 Å². The SMILES string of the molecule is Cc1nc2ccccc2n1CCCCCCl.Cl. The maximum absolute atomic E-state index is 5.67. The molecule has 1 aromatic heterocycles. The zero-order valence-electron chi connectivity index (χ0n) is 10.0. The molecule has 94 valence electrons. The molecule has 4 heteroatoms. The van der Waals surface area contributed by atoms with E-state index in [4.69, 9.17) is 11.6 Å². The molecule has 0 saturated heterocycles. The molecule has 0 saturated carbocycles. The third-order valence-corrected chi connectivity index (χ3v) is 3.13. The van der Waals surface area contributed by atoms with Crippen molar-refractivity contribution in [3.05, 3.63) is 30.1 Å². The number of hydrogen-bond acceptors (Lipinski definition) is 1. The molecule has 2 nitrogen and oxygen atoms in total. The third-order valence-electron chi connectivity index (χ3n) is 2.86. The maximum atomic E-state index is 5.67. The molecule has 0 amide bonds. The van der Waals surface area contributed by atoms with Gasteiger partial charge in [0.2, 0.25) is 0 Å². The van der Waals surface area contributed by atoms with Crippen molar-refractivity contribution in [1.29, 1.82) is 0 Å². The van der Waals surface area contributed by atoms with E-state index in [9.17, 15) is 0 Å². The Hall–Kier alpha value is -0.730. The number of alkyl halides is 1. The molecule has 1 aromatic carbocycles. The van der Waals surface area contributed by atoms with Crippen molar-refractivity contribution >= 4 is 35.0 Å². The molecule has 1 heterocycles. The van der Waals surface area contributed by atoms with Crippen LogP contribution in [0.2, 0.25) is 0 Å². The summed E-state index contributed by atoms with van der Waals surface area (Å²) in [5.41, 5.74) is 2.34. The van der Waals surface area contributed by atoms with E-state index in [1.807, 2.05) is 6.07 Å². The summed E-state index contributed by atoms with van der Waals surface area (Å²) < 4.78 is 2.30. The summed E-state index contributed by atoms with van der Waals surface area (Å²) in [5.74, 6) is 1.87. The summed E-state index contributed by atoms with van der Waals surface area (Å²) in [7, 11) is 0. The standard InChI is InChI=1S/C13H17ClN2.ClH/c1-11-15-12-7-3-4-8-13(12)16(11)10-6-2-5-9-14;/h3-4,7-8H,2,5-6,9-10H2,1H3;1H. The van der Waals surface area contributed by atoms with Gasteiger partial charge in [-0.3, -0.25) is 0 Å². The lowest BCUT2D eigenvalue weighted by molar-refractivity contribution is 0.603. The van der Waals surface area contributed by atoms with Crippen LogP contribution in [-0.4, -0.2) is 15.4 Å². The molecule has 2 aromatic rings. The largest absolute Gasteiger partial charge is 0.328 e. The number of benzene rings is 1. The van der Waals surface area contributed by atoms with Gasteiger partial charge in [-0.1, -0.05) is 18.6 Å². The Bertz CT molecular complexity index is 465. The van der Waals surface area contributed by atoms with E-state index < -0.39 is 0 Å². The second-order valence-electron chi connectivity index (χ2n) is 4.05. The average Bonchev–Trinajstić information content (AvgIpc) is 2.61. The molecular weight excluding hydrogens is 255 g/mol. The second kappa shape index (κ2) is 6.87. The second-order valence-corrected chi connectivity index (χ2v) is 4.43. The third kappa shape index (κ3) is 3.36. The molecule has 0 spiro atoms. The number of fused-ring (bicyclic) bond motifs is 1. The summed E-state index contributed by atoms with van der Waals surface area (Å²) in [6.07, 6.45) is 3.47. The normalized spacial score (nSPS) is 10.5. The minimum atomic E-state index is 0. The van der Waals surface area contributed by atoms with Crippen LogP contribution < -0.4 is 0 Å². The van der Waals surface area contributed by atoms with E-state index in [0.29, 0.717) is 0 Å². The molecule has 0 unspecified atom stereocenters. The van der Waals surface area contributed by atoms with Gasteiger partial charge >= 0.3 is 0 Å². The Kier molecular flexibility index (Phi) is 5.79. The van der Waals surface area contributed by atoms with Gasteiger partial charge in [0.15, 0.2) is 0 Å². The quantitative estimate of drug-likeness (QED) is 0.590. The molecular formula is C13H18Cl2N2. The first-order valence-corrected chi connectivity index (χ1v) is 6.34. The van der Waals surface area contributed by atoms with Gasteiger partial charge in [-0.2, -0.15) is 0 Å². The zero-order valence-corrected chi connectivity index (χ0v) is 11.6. The Morgan fingerprint density at radius 1 is 1.18 bits per heavy atom. The van der Waals surface area contributed by atoms with Crippen LogP contribution in [0, 0.1) is 6.92 Å². The smallest absolute Gasteiger partial charge is 0.106 e. The van der Waals surface area contributed by atoms with Crippen LogP contribution in [0.15, 0.2) is 24.3 Å². The van der Waals surface area contributed by atoms with Gasteiger partial charge in [0, 0.05) is 12.4 Å². The van der Waals surface area contributed by atoms with Crippen molar-refractivity contribution in [3.63, 3.8) is 0 Å². The van der Waals surface area contributed by atoms with Gasteiger partial charge in [-0.15, -0.1) is 24.0 Å². The molecule has 0 aliphatic rings. The average molecular weight is 273 g/mol. The van der Waals surface area contributed by atoms with Gasteiger partial charge in [0.25, 0.3) is 0 Å². The summed E-state index contributed by atoms with van der Waals surface area (Å²) in [4.78, 5) is 4.55. The summed E-state index contributed by atoms with van der Waals surface area (Å²) in [6, 6.07) is 8.31. The number of para-hydroxylation sites is 2. The summed E-state index contributed by atoms with van der Waals surface area (Å²) in [5, 5.41) is 0. The first-order valence-electron chi connectivity index (χ1n) is 5.81. The van der Waals surface area contributed by atoms with Gasteiger partial charge in [-0.05, 0) is 31.9 Å². The highest BCUT2D eigenvalue weighted by atomic mass is 35.5. The van der Waals surface area contributed by atoms with E-state index >= 15 is 0 Å². The predicted molar refractivity (Wildman–Crippen MR) is 76.3 cm³/mol. The van der Waals surface area contributed by atoms with Crippen molar-refractivity contribution < 1.29 is 0 Å². The first-order chi connectivity index (χ1) is 7.83. The van der Waals surface area contributed by atoms with Crippen molar-refractivity contribution in [2.45, 2.75) is 32.7 Å². The molecule has 0 bridgehead atoms. The number of hydrogen-bond donors (Lipinski definition) is 0. The Balaban J connectivity index is 0.00000144. The van der Waals surface area contributed by atoms with E-state index in [2.05, 4.69) is 34.7 Å². The number of aromatic nitrogens is 2. The molecule has 0 N–H and O–H groups in total. The van der Waals surface area contributed by atoms with Crippen molar-refractivity contribution in [1.82, 2.24) is 9.55 Å². The fourth-order valence-corrected chi connectivity index (χ4v) is 2.21. The van der Waals surface area contributed by atoms with Crippen LogP contribution in [0.3, 0.4) is 0 Å². The van der Waals surface area contributed by atoms with Gasteiger partial charge in [0.05, 0.1) is 11.0 Å². The Morgan fingerprint density at radius 3 is 2.71 bits per heavy atom. The number of nitrogens with zero attached hydrogens (tertiary/aromatic N) is 2. The van der Waals surface area contributed by atoms with Crippen LogP contribution >= 0.6 is 24.0 Å². The Morgan fingerprint density at radius 2 is 1.94 bits per heavy atom. The molecule has 0 fully saturated rings. The minimum Gasteiger partial charge on any atom is -0.328 e. The zero-order chi connectivity index (χ0) is 11.4. The lowest BCUT2D eigenvalue weighted by Crippen LogP contribution is -2.00. The van der Waals surface area contributed by atoms with Gasteiger partial charge in [0.1, 0.15) is 5.82 Å². The van der Waals surface area contributed by atoms with Crippen molar-refractivity contribution in [3.8, 4) is 0 Å². The molecule has 0 atom stereocenters. The van der Waals surface area contributed by atoms with Crippen LogP contribution in [0.4, 0.5) is 0 Å². The van der Waals surface area contributed by atoms with E-state index in [0.717, 1.165) is 30.2 Å². The van der Waals surface area contributed by atoms with Crippen LogP contribution in [0.5, 0.6) is 0 Å². The molecule has 0 aliphatic carbocycles. The van der Waals surface area contributed by atoms with Gasteiger partial charge in [-0.25, -0.2) is 4.98 Å². The highest BCUT2D eigenvalue weighted by Crippen LogP contribution is 2.16. The van der Waals surface area contributed by atoms with Crippen LogP contribution in [0.1, 0.15) is 25.1 Å². The van der Waals surface area contributed by atoms with Crippen molar-refractivity contribution in [2.75, 3.05) is 5.88 Å². The highest BCUT2D eigenvalue weighted by molar-refractivity contribution is 6.17. The first kappa shape index (κ1) is 14.3. The molecule has 0 aliphatic heterocycles.